The second-order valence-corrected chi connectivity index (χ2v) is 5.62. The quantitative estimate of drug-likeness (QED) is 0.685. The van der Waals surface area contributed by atoms with E-state index in [1.807, 2.05) is 0 Å². The molecule has 1 N–H and O–H groups in total. The highest BCUT2D eigenvalue weighted by Crippen LogP contribution is 2.49. The number of alkyl halides is 2. The van der Waals surface area contributed by atoms with Crippen molar-refractivity contribution in [3.8, 4) is 12.3 Å². The number of benzene rings is 1. The number of rotatable bonds is 4. The van der Waals surface area contributed by atoms with Crippen molar-refractivity contribution in [3.63, 3.8) is 0 Å². The molecule has 106 valence electrons. The number of hydrogen-bond acceptors (Lipinski definition) is 3. The van der Waals surface area contributed by atoms with Crippen LogP contribution in [0.3, 0.4) is 0 Å². The van der Waals surface area contributed by atoms with Crippen molar-refractivity contribution >= 4 is 17.7 Å². The van der Waals surface area contributed by atoms with E-state index < -0.39 is 16.9 Å². The number of carbonyl (C=O) groups is 1. The molecule has 2 rings (SSSR count). The zero-order valence-electron chi connectivity index (χ0n) is 10.6. The molecule has 0 saturated carbocycles. The molecule has 1 heterocycles. The van der Waals surface area contributed by atoms with Gasteiger partial charge in [-0.1, -0.05) is 24.1 Å². The minimum absolute atomic E-state index is 0.136. The number of amides is 1. The maximum absolute atomic E-state index is 14.4. The zero-order valence-corrected chi connectivity index (χ0v) is 11.4. The Hall–Kier alpha value is -1.58. The van der Waals surface area contributed by atoms with Crippen molar-refractivity contribution in [1.82, 2.24) is 4.90 Å². The summed E-state index contributed by atoms with van der Waals surface area (Å²) in [6.07, 6.45) is 4.61. The fourth-order valence-electron chi connectivity index (χ4n) is 2.09. The molecular formula is C14H13F2NO2S. The lowest BCUT2D eigenvalue weighted by Gasteiger charge is -2.38. The molecule has 1 aromatic rings. The van der Waals surface area contributed by atoms with Gasteiger partial charge >= 0.3 is 5.25 Å². The van der Waals surface area contributed by atoms with Crippen molar-refractivity contribution in [3.05, 3.63) is 30.3 Å². The van der Waals surface area contributed by atoms with Crippen LogP contribution < -0.4 is 0 Å². The lowest BCUT2D eigenvalue weighted by Crippen LogP contribution is -2.56. The van der Waals surface area contributed by atoms with Gasteiger partial charge in [0.2, 0.25) is 11.6 Å². The highest BCUT2D eigenvalue weighted by molar-refractivity contribution is 8.00. The van der Waals surface area contributed by atoms with E-state index in [1.54, 1.807) is 18.2 Å². The molecule has 1 saturated heterocycles. The fourth-order valence-corrected chi connectivity index (χ4v) is 3.05. The number of likely N-dealkylation sites (tertiary alicyclic amines) is 1. The number of carbonyl (C=O) groups excluding carboxylic acids is 1. The van der Waals surface area contributed by atoms with Crippen LogP contribution in [0.1, 0.15) is 12.8 Å². The Kier molecular flexibility index (Phi) is 4.02. The number of nitrogens with zero attached hydrogens (tertiary/aromatic N) is 1. The zero-order chi connectivity index (χ0) is 14.8. The molecule has 1 aliphatic rings. The Morgan fingerprint density at radius 1 is 1.45 bits per heavy atom. The summed E-state index contributed by atoms with van der Waals surface area (Å²) in [6.45, 7) is -0.333. The second kappa shape index (κ2) is 5.43. The summed E-state index contributed by atoms with van der Waals surface area (Å²) in [5.74, 6) is 1.58. The fraction of sp³-hybridized carbons (Fsp3) is 0.357. The molecule has 0 radical (unpaired) electrons. The predicted octanol–water partition coefficient (Wildman–Crippen LogP) is 2.32. The topological polar surface area (TPSA) is 40.5 Å². The Morgan fingerprint density at radius 2 is 2.10 bits per heavy atom. The first kappa shape index (κ1) is 14.8. The van der Waals surface area contributed by atoms with Gasteiger partial charge in [-0.25, -0.2) is 0 Å². The minimum atomic E-state index is -3.54. The molecule has 1 aromatic carbocycles. The molecule has 0 aliphatic carbocycles. The van der Waals surface area contributed by atoms with Gasteiger partial charge in [0.1, 0.15) is 0 Å². The molecule has 6 heteroatoms. The third-order valence-corrected chi connectivity index (χ3v) is 4.23. The van der Waals surface area contributed by atoms with E-state index in [4.69, 9.17) is 6.42 Å². The van der Waals surface area contributed by atoms with E-state index in [0.29, 0.717) is 9.80 Å². The average Bonchev–Trinajstić information content (AvgIpc) is 2.70. The molecule has 20 heavy (non-hydrogen) atoms. The molecular weight excluding hydrogens is 284 g/mol. The third-order valence-electron chi connectivity index (χ3n) is 3.14. The van der Waals surface area contributed by atoms with Crippen LogP contribution >= 0.6 is 11.8 Å². The van der Waals surface area contributed by atoms with E-state index in [-0.39, 0.29) is 31.1 Å². The van der Waals surface area contributed by atoms with Crippen LogP contribution in [-0.4, -0.2) is 33.4 Å². The van der Waals surface area contributed by atoms with Crippen molar-refractivity contribution in [1.29, 1.82) is 0 Å². The predicted molar refractivity (Wildman–Crippen MR) is 72.0 cm³/mol. The summed E-state index contributed by atoms with van der Waals surface area (Å²) >= 11 is 0.228. The number of aliphatic hydroxyl groups is 1. The Labute approximate surface area is 120 Å². The molecule has 0 aromatic heterocycles. The number of terminal acetylenes is 1. The summed E-state index contributed by atoms with van der Waals surface area (Å²) in [4.78, 5) is 12.6. The summed E-state index contributed by atoms with van der Waals surface area (Å²) in [5.41, 5.74) is -2.54. The van der Waals surface area contributed by atoms with E-state index in [1.165, 1.54) is 12.1 Å². The summed E-state index contributed by atoms with van der Waals surface area (Å²) in [6, 6.07) is 8.00. The van der Waals surface area contributed by atoms with E-state index in [2.05, 4.69) is 5.92 Å². The highest BCUT2D eigenvalue weighted by atomic mass is 32.2. The maximum Gasteiger partial charge on any atom is 0.344 e. The first-order valence-corrected chi connectivity index (χ1v) is 6.80. The normalized spacial score (nSPS) is 22.9. The number of halogens is 2. The van der Waals surface area contributed by atoms with Crippen LogP contribution in [0.5, 0.6) is 0 Å². The molecule has 0 spiro atoms. The van der Waals surface area contributed by atoms with Gasteiger partial charge in [-0.15, -0.1) is 6.42 Å². The van der Waals surface area contributed by atoms with Crippen molar-refractivity contribution in [2.75, 3.05) is 6.54 Å². The Morgan fingerprint density at radius 3 is 2.70 bits per heavy atom. The van der Waals surface area contributed by atoms with Crippen molar-refractivity contribution in [2.24, 2.45) is 0 Å². The van der Waals surface area contributed by atoms with Gasteiger partial charge < -0.3 is 5.11 Å². The smallest absolute Gasteiger partial charge is 0.344 e. The lowest BCUT2D eigenvalue weighted by molar-refractivity contribution is -0.195. The summed E-state index contributed by atoms with van der Waals surface area (Å²) in [5, 5.41) is 6.74. The van der Waals surface area contributed by atoms with Gasteiger partial charge in [-0.05, 0) is 23.9 Å². The van der Waals surface area contributed by atoms with Gasteiger partial charge in [-0.3, -0.25) is 9.69 Å². The van der Waals surface area contributed by atoms with Gasteiger partial charge in [0, 0.05) is 17.7 Å². The minimum Gasteiger partial charge on any atom is -0.365 e. The number of thioether (sulfide) groups is 1. The van der Waals surface area contributed by atoms with Crippen LogP contribution in [-0.2, 0) is 4.79 Å². The van der Waals surface area contributed by atoms with Crippen molar-refractivity contribution < 1.29 is 18.7 Å². The second-order valence-electron chi connectivity index (χ2n) is 4.43. The van der Waals surface area contributed by atoms with Crippen LogP contribution in [0.2, 0.25) is 0 Å². The summed E-state index contributed by atoms with van der Waals surface area (Å²) < 4.78 is 28.8. The van der Waals surface area contributed by atoms with Gasteiger partial charge in [0.05, 0.1) is 6.54 Å². The largest absolute Gasteiger partial charge is 0.365 e. The van der Waals surface area contributed by atoms with E-state index in [9.17, 15) is 18.7 Å². The van der Waals surface area contributed by atoms with Gasteiger partial charge in [-0.2, -0.15) is 8.78 Å². The summed E-state index contributed by atoms with van der Waals surface area (Å²) in [7, 11) is 0. The Bertz CT molecular complexity index is 544. The SMILES string of the molecule is C#CCN1C(=O)CCC1(O)C(F)(F)Sc1ccccc1. The highest BCUT2D eigenvalue weighted by Gasteiger charge is 2.61. The molecule has 0 bridgehead atoms. The van der Waals surface area contributed by atoms with Gasteiger partial charge in [0.25, 0.3) is 0 Å². The standard InChI is InChI=1S/C14H13F2NO2S/c1-2-10-17-12(18)8-9-13(17,19)14(15,16)20-11-6-4-3-5-7-11/h1,3-7,19H,8-10H2. The Balaban J connectivity index is 2.27. The molecule has 1 amide bonds. The third kappa shape index (κ3) is 2.51. The average molecular weight is 297 g/mol. The maximum atomic E-state index is 14.4. The van der Waals surface area contributed by atoms with Crippen LogP contribution in [0.4, 0.5) is 8.78 Å². The van der Waals surface area contributed by atoms with Crippen molar-refractivity contribution in [2.45, 2.75) is 28.7 Å². The first-order valence-electron chi connectivity index (χ1n) is 5.99. The molecule has 1 aliphatic heterocycles. The lowest BCUT2D eigenvalue weighted by atomic mass is 10.1. The first-order chi connectivity index (χ1) is 9.40. The molecule has 1 fully saturated rings. The van der Waals surface area contributed by atoms with Crippen LogP contribution in [0, 0.1) is 12.3 Å². The van der Waals surface area contributed by atoms with Gasteiger partial charge in [0.15, 0.2) is 0 Å². The van der Waals surface area contributed by atoms with Crippen LogP contribution in [0.15, 0.2) is 35.2 Å². The van der Waals surface area contributed by atoms with Crippen LogP contribution in [0.25, 0.3) is 0 Å². The monoisotopic (exact) mass is 297 g/mol. The van der Waals surface area contributed by atoms with E-state index in [0.717, 1.165) is 0 Å². The number of hydrogen-bond donors (Lipinski definition) is 1. The molecule has 1 atom stereocenters. The molecule has 1 unspecified atom stereocenters. The van der Waals surface area contributed by atoms with E-state index >= 15 is 0 Å². The molecule has 3 nitrogen and oxygen atoms in total.